The third kappa shape index (κ3) is 5.58. The molecule has 1 aromatic heterocycles. The molecule has 1 atom stereocenters. The fraction of sp³-hybridized carbons (Fsp3) is 0.545. The summed E-state index contributed by atoms with van der Waals surface area (Å²) in [6.07, 6.45) is 8.38. The summed E-state index contributed by atoms with van der Waals surface area (Å²) in [4.78, 5) is 21.6. The van der Waals surface area contributed by atoms with Gasteiger partial charge in [-0.25, -0.2) is 4.98 Å². The lowest BCUT2D eigenvalue weighted by Gasteiger charge is -2.33. The fourth-order valence-electron chi connectivity index (χ4n) is 3.91. The van der Waals surface area contributed by atoms with Gasteiger partial charge in [0.1, 0.15) is 11.6 Å². The number of benzene rings is 1. The number of piperidine rings is 1. The van der Waals surface area contributed by atoms with Crippen molar-refractivity contribution in [1.82, 2.24) is 19.4 Å². The van der Waals surface area contributed by atoms with E-state index in [0.29, 0.717) is 18.8 Å². The SMILES string of the molecule is CN(C)CCCn1ccnc1[C@@H]1CCCN(C(=O)CCc2ccc(O)cc2)C1. The van der Waals surface area contributed by atoms with Gasteiger partial charge in [0.25, 0.3) is 0 Å². The smallest absolute Gasteiger partial charge is 0.222 e. The first-order valence-electron chi connectivity index (χ1n) is 10.2. The Morgan fingerprint density at radius 1 is 1.29 bits per heavy atom. The lowest BCUT2D eigenvalue weighted by atomic mass is 9.96. The molecule has 1 aromatic carbocycles. The molecule has 0 unspecified atom stereocenters. The average Bonchev–Trinajstić information content (AvgIpc) is 3.15. The molecule has 1 fully saturated rings. The number of rotatable bonds is 8. The molecule has 6 nitrogen and oxygen atoms in total. The lowest BCUT2D eigenvalue weighted by Crippen LogP contribution is -2.39. The molecule has 0 aliphatic carbocycles. The highest BCUT2D eigenvalue weighted by Crippen LogP contribution is 2.26. The molecule has 1 amide bonds. The van der Waals surface area contributed by atoms with Crippen LogP contribution < -0.4 is 0 Å². The van der Waals surface area contributed by atoms with Gasteiger partial charge < -0.3 is 19.5 Å². The van der Waals surface area contributed by atoms with Gasteiger partial charge in [-0.2, -0.15) is 0 Å². The van der Waals surface area contributed by atoms with E-state index in [0.717, 1.165) is 56.8 Å². The van der Waals surface area contributed by atoms with Crippen molar-refractivity contribution in [2.75, 3.05) is 33.7 Å². The molecule has 0 radical (unpaired) electrons. The molecule has 28 heavy (non-hydrogen) atoms. The van der Waals surface area contributed by atoms with Crippen molar-refractivity contribution >= 4 is 5.91 Å². The van der Waals surface area contributed by atoms with Crippen molar-refractivity contribution in [2.45, 2.75) is 44.6 Å². The van der Waals surface area contributed by atoms with E-state index < -0.39 is 0 Å². The van der Waals surface area contributed by atoms with Crippen LogP contribution in [0.4, 0.5) is 0 Å². The van der Waals surface area contributed by atoms with Crippen LogP contribution in [0.5, 0.6) is 5.75 Å². The standard InChI is InChI=1S/C22H32N4O2/c1-24(2)13-4-15-25-16-12-23-22(25)19-5-3-14-26(17-19)21(28)11-8-18-6-9-20(27)10-7-18/h6-7,9-10,12,16,19,27H,3-5,8,11,13-15,17H2,1-2H3/t19-/m1/s1. The number of hydrogen-bond donors (Lipinski definition) is 1. The second kappa shape index (κ2) is 9.73. The number of aryl methyl sites for hydroxylation is 2. The molecule has 2 heterocycles. The second-order valence-corrected chi connectivity index (χ2v) is 7.98. The van der Waals surface area contributed by atoms with Gasteiger partial charge in [0.05, 0.1) is 0 Å². The van der Waals surface area contributed by atoms with Gasteiger partial charge in [0.15, 0.2) is 0 Å². The Morgan fingerprint density at radius 3 is 2.82 bits per heavy atom. The van der Waals surface area contributed by atoms with Crippen molar-refractivity contribution in [3.05, 3.63) is 48.0 Å². The molecule has 1 N–H and O–H groups in total. The maximum atomic E-state index is 12.7. The maximum absolute atomic E-state index is 12.7. The predicted octanol–water partition coefficient (Wildman–Crippen LogP) is 2.88. The Hall–Kier alpha value is -2.34. The molecule has 152 valence electrons. The van der Waals surface area contributed by atoms with E-state index in [1.165, 1.54) is 0 Å². The van der Waals surface area contributed by atoms with E-state index in [1.807, 2.05) is 23.2 Å². The van der Waals surface area contributed by atoms with Gasteiger partial charge in [-0.3, -0.25) is 4.79 Å². The number of imidazole rings is 1. The first kappa shape index (κ1) is 20.4. The fourth-order valence-corrected chi connectivity index (χ4v) is 3.91. The molecule has 0 saturated carbocycles. The van der Waals surface area contributed by atoms with Crippen LogP contribution in [-0.4, -0.2) is 64.1 Å². The van der Waals surface area contributed by atoms with Crippen molar-refractivity contribution in [3.8, 4) is 5.75 Å². The summed E-state index contributed by atoms with van der Waals surface area (Å²) in [5, 5.41) is 9.38. The van der Waals surface area contributed by atoms with E-state index in [-0.39, 0.29) is 11.7 Å². The number of carbonyl (C=O) groups excluding carboxylic acids is 1. The number of phenolic OH excluding ortho intramolecular Hbond substituents is 1. The van der Waals surface area contributed by atoms with E-state index >= 15 is 0 Å². The third-order valence-electron chi connectivity index (χ3n) is 5.46. The molecule has 1 aliphatic heterocycles. The van der Waals surface area contributed by atoms with Crippen LogP contribution >= 0.6 is 0 Å². The summed E-state index contributed by atoms with van der Waals surface area (Å²) in [6, 6.07) is 7.11. The van der Waals surface area contributed by atoms with E-state index in [1.54, 1.807) is 12.1 Å². The van der Waals surface area contributed by atoms with Crippen LogP contribution in [0.15, 0.2) is 36.7 Å². The van der Waals surface area contributed by atoms with Crippen molar-refractivity contribution in [3.63, 3.8) is 0 Å². The number of nitrogens with zero attached hydrogens (tertiary/aromatic N) is 4. The Bertz CT molecular complexity index is 754. The summed E-state index contributed by atoms with van der Waals surface area (Å²) in [5.74, 6) is 1.91. The summed E-state index contributed by atoms with van der Waals surface area (Å²) in [6.45, 7) is 3.63. The topological polar surface area (TPSA) is 61.6 Å². The highest BCUT2D eigenvalue weighted by atomic mass is 16.3. The number of aromatic nitrogens is 2. The number of phenols is 1. The molecule has 3 rings (SSSR count). The number of likely N-dealkylation sites (tertiary alicyclic amines) is 1. The zero-order valence-electron chi connectivity index (χ0n) is 17.0. The molecular weight excluding hydrogens is 352 g/mol. The summed E-state index contributed by atoms with van der Waals surface area (Å²) in [7, 11) is 4.19. The normalized spacial score (nSPS) is 17.2. The van der Waals surface area contributed by atoms with Gasteiger partial charge in [-0.1, -0.05) is 12.1 Å². The summed E-state index contributed by atoms with van der Waals surface area (Å²) >= 11 is 0. The highest BCUT2D eigenvalue weighted by Gasteiger charge is 2.27. The molecule has 2 aromatic rings. The first-order valence-corrected chi connectivity index (χ1v) is 10.2. The zero-order chi connectivity index (χ0) is 19.9. The monoisotopic (exact) mass is 384 g/mol. The summed E-state index contributed by atoms with van der Waals surface area (Å²) < 4.78 is 2.26. The van der Waals surface area contributed by atoms with Crippen LogP contribution in [0.3, 0.4) is 0 Å². The van der Waals surface area contributed by atoms with Gasteiger partial charge in [0.2, 0.25) is 5.91 Å². The first-order chi connectivity index (χ1) is 13.5. The molecule has 1 saturated heterocycles. The molecule has 1 aliphatic rings. The van der Waals surface area contributed by atoms with Gasteiger partial charge in [-0.15, -0.1) is 0 Å². The van der Waals surface area contributed by atoms with E-state index in [9.17, 15) is 9.90 Å². The largest absolute Gasteiger partial charge is 0.508 e. The van der Waals surface area contributed by atoms with Gasteiger partial charge >= 0.3 is 0 Å². The van der Waals surface area contributed by atoms with Crippen molar-refractivity contribution in [2.24, 2.45) is 0 Å². The number of amides is 1. The van der Waals surface area contributed by atoms with Crippen LogP contribution in [-0.2, 0) is 17.8 Å². The third-order valence-corrected chi connectivity index (χ3v) is 5.46. The number of aromatic hydroxyl groups is 1. The molecule has 0 bridgehead atoms. The van der Waals surface area contributed by atoms with Crippen LogP contribution in [0.25, 0.3) is 0 Å². The minimum Gasteiger partial charge on any atom is -0.508 e. The Balaban J connectivity index is 1.54. The van der Waals surface area contributed by atoms with Gasteiger partial charge in [-0.05, 0) is 64.0 Å². The predicted molar refractivity (Wildman–Crippen MR) is 110 cm³/mol. The summed E-state index contributed by atoms with van der Waals surface area (Å²) in [5.41, 5.74) is 1.08. The quantitative estimate of drug-likeness (QED) is 0.760. The molecule has 0 spiro atoms. The van der Waals surface area contributed by atoms with Crippen LogP contribution in [0, 0.1) is 0 Å². The van der Waals surface area contributed by atoms with Crippen LogP contribution in [0.2, 0.25) is 0 Å². The Kier molecular flexibility index (Phi) is 7.09. The van der Waals surface area contributed by atoms with Gasteiger partial charge in [0, 0.05) is 44.4 Å². The van der Waals surface area contributed by atoms with Crippen molar-refractivity contribution < 1.29 is 9.90 Å². The average molecular weight is 385 g/mol. The minimum atomic E-state index is 0.212. The maximum Gasteiger partial charge on any atom is 0.222 e. The molecular formula is C22H32N4O2. The number of carbonyl (C=O) groups is 1. The lowest BCUT2D eigenvalue weighted by molar-refractivity contribution is -0.132. The van der Waals surface area contributed by atoms with Crippen molar-refractivity contribution in [1.29, 1.82) is 0 Å². The highest BCUT2D eigenvalue weighted by molar-refractivity contribution is 5.76. The second-order valence-electron chi connectivity index (χ2n) is 7.98. The zero-order valence-corrected chi connectivity index (χ0v) is 17.0. The minimum absolute atomic E-state index is 0.212. The Labute approximate surface area is 167 Å². The molecule has 6 heteroatoms. The van der Waals surface area contributed by atoms with Crippen LogP contribution in [0.1, 0.15) is 43.0 Å². The van der Waals surface area contributed by atoms with E-state index in [2.05, 4.69) is 34.7 Å². The van der Waals surface area contributed by atoms with E-state index in [4.69, 9.17) is 0 Å². The number of hydrogen-bond acceptors (Lipinski definition) is 4. The Morgan fingerprint density at radius 2 is 2.07 bits per heavy atom.